The lowest BCUT2D eigenvalue weighted by atomic mass is 10.2. The second-order valence-electron chi connectivity index (χ2n) is 5.96. The van der Waals surface area contributed by atoms with Crippen molar-refractivity contribution in [3.63, 3.8) is 0 Å². The molecule has 110 valence electrons. The molecule has 1 aliphatic heterocycles. The maximum absolute atomic E-state index is 10.9. The van der Waals surface area contributed by atoms with Crippen LogP contribution in [0.4, 0.5) is 0 Å². The average Bonchev–Trinajstić information content (AvgIpc) is 3.11. The SMILES string of the molecule is CC(c1ccc(C(=O)O)o1)N1CCN(CC2CC2)CC1. The molecule has 0 radical (unpaired) electrons. The molecule has 3 rings (SSSR count). The highest BCUT2D eigenvalue weighted by Gasteiger charge is 2.28. The third kappa shape index (κ3) is 3.04. The van der Waals surface area contributed by atoms with E-state index in [4.69, 9.17) is 9.52 Å². The Morgan fingerprint density at radius 1 is 1.35 bits per heavy atom. The molecule has 1 saturated carbocycles. The normalized spacial score (nSPS) is 22.9. The van der Waals surface area contributed by atoms with Crippen LogP contribution in [-0.2, 0) is 0 Å². The zero-order valence-corrected chi connectivity index (χ0v) is 11.9. The molecule has 5 heteroatoms. The fraction of sp³-hybridized carbons (Fsp3) is 0.667. The van der Waals surface area contributed by atoms with Gasteiger partial charge in [0.25, 0.3) is 0 Å². The highest BCUT2D eigenvalue weighted by molar-refractivity contribution is 5.84. The number of piperazine rings is 1. The Bertz CT molecular complexity index is 473. The first-order chi connectivity index (χ1) is 9.63. The summed E-state index contributed by atoms with van der Waals surface area (Å²) < 4.78 is 5.41. The van der Waals surface area contributed by atoms with Crippen molar-refractivity contribution in [2.45, 2.75) is 25.8 Å². The Balaban J connectivity index is 1.54. The van der Waals surface area contributed by atoms with Crippen LogP contribution in [0.3, 0.4) is 0 Å². The molecule has 0 bridgehead atoms. The first-order valence-corrected chi connectivity index (χ1v) is 7.43. The van der Waals surface area contributed by atoms with E-state index in [1.54, 1.807) is 6.07 Å². The number of furan rings is 1. The van der Waals surface area contributed by atoms with Crippen molar-refractivity contribution in [2.24, 2.45) is 5.92 Å². The van der Waals surface area contributed by atoms with Crippen LogP contribution in [0, 0.1) is 5.92 Å². The third-order valence-corrected chi connectivity index (χ3v) is 4.42. The predicted octanol–water partition coefficient (Wildman–Crippen LogP) is 2.07. The average molecular weight is 278 g/mol. The second-order valence-corrected chi connectivity index (χ2v) is 5.96. The number of carboxylic acid groups (broad SMARTS) is 1. The summed E-state index contributed by atoms with van der Waals surface area (Å²) in [5.41, 5.74) is 0. The van der Waals surface area contributed by atoms with Crippen LogP contribution in [0.15, 0.2) is 16.5 Å². The summed E-state index contributed by atoms with van der Waals surface area (Å²) in [6.45, 7) is 7.60. The maximum Gasteiger partial charge on any atom is 0.371 e. The Hall–Kier alpha value is -1.33. The van der Waals surface area contributed by atoms with Crippen molar-refractivity contribution < 1.29 is 14.3 Å². The van der Waals surface area contributed by atoms with Crippen LogP contribution < -0.4 is 0 Å². The van der Waals surface area contributed by atoms with Crippen LogP contribution in [0.25, 0.3) is 0 Å². The van der Waals surface area contributed by atoms with Crippen LogP contribution in [0.5, 0.6) is 0 Å². The van der Waals surface area contributed by atoms with E-state index in [1.165, 1.54) is 25.5 Å². The Labute approximate surface area is 119 Å². The second kappa shape index (κ2) is 5.58. The highest BCUT2D eigenvalue weighted by Crippen LogP contribution is 2.30. The Morgan fingerprint density at radius 2 is 2.05 bits per heavy atom. The summed E-state index contributed by atoms with van der Waals surface area (Å²) in [6.07, 6.45) is 2.81. The summed E-state index contributed by atoms with van der Waals surface area (Å²) >= 11 is 0. The van der Waals surface area contributed by atoms with Gasteiger partial charge in [-0.05, 0) is 37.8 Å². The molecule has 0 aromatic carbocycles. The lowest BCUT2D eigenvalue weighted by molar-refractivity contribution is 0.0646. The zero-order valence-electron chi connectivity index (χ0n) is 11.9. The maximum atomic E-state index is 10.9. The van der Waals surface area contributed by atoms with Crippen molar-refractivity contribution in [1.29, 1.82) is 0 Å². The van der Waals surface area contributed by atoms with Gasteiger partial charge in [-0.15, -0.1) is 0 Å². The van der Waals surface area contributed by atoms with Gasteiger partial charge < -0.3 is 14.4 Å². The van der Waals surface area contributed by atoms with E-state index in [2.05, 4.69) is 16.7 Å². The summed E-state index contributed by atoms with van der Waals surface area (Å²) in [6, 6.07) is 3.47. The molecule has 1 atom stereocenters. The van der Waals surface area contributed by atoms with Crippen molar-refractivity contribution in [3.05, 3.63) is 23.7 Å². The summed E-state index contributed by atoms with van der Waals surface area (Å²) in [5.74, 6) is 0.720. The minimum absolute atomic E-state index is 0.0271. The number of hydrogen-bond acceptors (Lipinski definition) is 4. The smallest absolute Gasteiger partial charge is 0.371 e. The van der Waals surface area contributed by atoms with Crippen LogP contribution >= 0.6 is 0 Å². The van der Waals surface area contributed by atoms with Gasteiger partial charge in [0.1, 0.15) is 5.76 Å². The molecular formula is C15H22N2O3. The van der Waals surface area contributed by atoms with E-state index < -0.39 is 5.97 Å². The molecule has 1 N–H and O–H groups in total. The number of carbonyl (C=O) groups is 1. The lowest BCUT2D eigenvalue weighted by Gasteiger charge is -2.37. The predicted molar refractivity (Wildman–Crippen MR) is 74.8 cm³/mol. The first-order valence-electron chi connectivity index (χ1n) is 7.43. The lowest BCUT2D eigenvalue weighted by Crippen LogP contribution is -2.47. The Morgan fingerprint density at radius 3 is 2.60 bits per heavy atom. The third-order valence-electron chi connectivity index (χ3n) is 4.42. The Kier molecular flexibility index (Phi) is 3.81. The van der Waals surface area contributed by atoms with Crippen LogP contribution in [0.2, 0.25) is 0 Å². The molecule has 1 saturated heterocycles. The van der Waals surface area contributed by atoms with Gasteiger partial charge in [0.2, 0.25) is 5.76 Å². The number of aromatic carboxylic acids is 1. The van der Waals surface area contributed by atoms with Gasteiger partial charge in [0.15, 0.2) is 0 Å². The monoisotopic (exact) mass is 278 g/mol. The van der Waals surface area contributed by atoms with Crippen LogP contribution in [0.1, 0.15) is 42.1 Å². The van der Waals surface area contributed by atoms with E-state index in [0.29, 0.717) is 0 Å². The van der Waals surface area contributed by atoms with Gasteiger partial charge in [0, 0.05) is 32.7 Å². The van der Waals surface area contributed by atoms with E-state index in [0.717, 1.165) is 37.9 Å². The quantitative estimate of drug-likeness (QED) is 0.893. The number of carboxylic acids is 1. The topological polar surface area (TPSA) is 56.9 Å². The van der Waals surface area contributed by atoms with Gasteiger partial charge in [-0.2, -0.15) is 0 Å². The van der Waals surface area contributed by atoms with Crippen molar-refractivity contribution in [3.8, 4) is 0 Å². The summed E-state index contributed by atoms with van der Waals surface area (Å²) in [7, 11) is 0. The van der Waals surface area contributed by atoms with Gasteiger partial charge in [-0.1, -0.05) is 0 Å². The van der Waals surface area contributed by atoms with Crippen molar-refractivity contribution >= 4 is 5.97 Å². The van der Waals surface area contributed by atoms with Gasteiger partial charge in [0.05, 0.1) is 6.04 Å². The minimum Gasteiger partial charge on any atom is -0.475 e. The number of rotatable bonds is 5. The standard InChI is InChI=1S/C15H22N2O3/c1-11(13-4-5-14(20-13)15(18)19)17-8-6-16(7-9-17)10-12-2-3-12/h4-5,11-12H,2-3,6-10H2,1H3,(H,18,19). The minimum atomic E-state index is -1.00. The number of hydrogen-bond donors (Lipinski definition) is 1. The molecule has 0 spiro atoms. The molecule has 0 amide bonds. The summed E-state index contributed by atoms with van der Waals surface area (Å²) in [4.78, 5) is 15.8. The molecule has 5 nitrogen and oxygen atoms in total. The van der Waals surface area contributed by atoms with E-state index >= 15 is 0 Å². The fourth-order valence-electron chi connectivity index (χ4n) is 2.87. The van der Waals surface area contributed by atoms with E-state index in [1.807, 2.05) is 0 Å². The van der Waals surface area contributed by atoms with Gasteiger partial charge in [-0.3, -0.25) is 4.90 Å². The molecule has 2 heterocycles. The number of nitrogens with zero attached hydrogens (tertiary/aromatic N) is 2. The van der Waals surface area contributed by atoms with E-state index in [-0.39, 0.29) is 11.8 Å². The molecule has 20 heavy (non-hydrogen) atoms. The summed E-state index contributed by atoms with van der Waals surface area (Å²) in [5, 5.41) is 8.90. The van der Waals surface area contributed by atoms with Crippen LogP contribution in [-0.4, -0.2) is 53.6 Å². The largest absolute Gasteiger partial charge is 0.475 e. The molecule has 1 aromatic heterocycles. The highest BCUT2D eigenvalue weighted by atomic mass is 16.4. The van der Waals surface area contributed by atoms with Crippen molar-refractivity contribution in [2.75, 3.05) is 32.7 Å². The molecular weight excluding hydrogens is 256 g/mol. The van der Waals surface area contributed by atoms with Crippen molar-refractivity contribution in [1.82, 2.24) is 9.80 Å². The van der Waals surface area contributed by atoms with Gasteiger partial charge in [-0.25, -0.2) is 4.79 Å². The molecule has 1 aromatic rings. The molecule has 2 fully saturated rings. The molecule has 2 aliphatic rings. The zero-order chi connectivity index (χ0) is 14.1. The van der Waals surface area contributed by atoms with Gasteiger partial charge >= 0.3 is 5.97 Å². The fourth-order valence-corrected chi connectivity index (χ4v) is 2.87. The molecule has 1 aliphatic carbocycles. The first kappa shape index (κ1) is 13.6. The van der Waals surface area contributed by atoms with E-state index in [9.17, 15) is 4.79 Å². The molecule has 1 unspecified atom stereocenters.